The zero-order valence-electron chi connectivity index (χ0n) is 16.2. The topological polar surface area (TPSA) is 81.2 Å². The van der Waals surface area contributed by atoms with Crippen LogP contribution in [0.1, 0.15) is 16.7 Å². The highest BCUT2D eigenvalue weighted by Gasteiger charge is 2.09. The van der Waals surface area contributed by atoms with Crippen LogP contribution in [0.3, 0.4) is 0 Å². The fourth-order valence-corrected chi connectivity index (χ4v) is 3.18. The molecule has 2 N–H and O–H groups in total. The molecule has 0 saturated carbocycles. The molecule has 0 amide bonds. The third-order valence-corrected chi connectivity index (χ3v) is 4.44. The maximum absolute atomic E-state index is 6.35. The van der Waals surface area contributed by atoms with Gasteiger partial charge in [0.2, 0.25) is 5.95 Å². The number of nitrogens with one attached hydrogen (secondary N) is 2. The van der Waals surface area contributed by atoms with Gasteiger partial charge in [0.25, 0.3) is 0 Å². The molecule has 0 radical (unpaired) electrons. The summed E-state index contributed by atoms with van der Waals surface area (Å²) in [5.41, 5.74) is 3.94. The molecule has 0 spiro atoms. The molecule has 0 bridgehead atoms. The number of hydrogen-bond donors (Lipinski definition) is 2. The van der Waals surface area contributed by atoms with Crippen molar-refractivity contribution in [3.63, 3.8) is 0 Å². The Morgan fingerprint density at radius 2 is 1.82 bits per heavy atom. The summed E-state index contributed by atoms with van der Waals surface area (Å²) in [6.45, 7) is 4.51. The van der Waals surface area contributed by atoms with Crippen LogP contribution in [0.15, 0.2) is 36.5 Å². The van der Waals surface area contributed by atoms with Gasteiger partial charge in [-0.25, -0.2) is 0 Å². The van der Waals surface area contributed by atoms with E-state index in [1.165, 1.54) is 0 Å². The summed E-state index contributed by atoms with van der Waals surface area (Å²) in [4.78, 5) is 4.45. The van der Waals surface area contributed by atoms with Gasteiger partial charge < -0.3 is 20.1 Å². The number of nitrogens with zero attached hydrogens (tertiary/aromatic N) is 3. The molecule has 0 saturated heterocycles. The van der Waals surface area contributed by atoms with Gasteiger partial charge in [-0.3, -0.25) is 0 Å². The van der Waals surface area contributed by atoms with Crippen molar-refractivity contribution in [3.8, 4) is 11.5 Å². The highest BCUT2D eigenvalue weighted by atomic mass is 35.5. The summed E-state index contributed by atoms with van der Waals surface area (Å²) in [6.07, 6.45) is 1.55. The Balaban J connectivity index is 1.72. The number of anilines is 3. The number of halogens is 1. The minimum atomic E-state index is 0.403. The Bertz CT molecular complexity index is 958. The average molecular weight is 400 g/mol. The second-order valence-electron chi connectivity index (χ2n) is 6.27. The lowest BCUT2D eigenvalue weighted by Gasteiger charge is -2.13. The minimum absolute atomic E-state index is 0.403. The molecule has 0 aliphatic carbocycles. The lowest BCUT2D eigenvalue weighted by atomic mass is 10.1. The predicted octanol–water partition coefficient (Wildman–Crippen LogP) is 4.51. The summed E-state index contributed by atoms with van der Waals surface area (Å²) in [7, 11) is 3.21. The van der Waals surface area contributed by atoms with E-state index in [4.69, 9.17) is 21.1 Å². The monoisotopic (exact) mass is 399 g/mol. The van der Waals surface area contributed by atoms with E-state index in [1.54, 1.807) is 20.4 Å². The first-order valence-corrected chi connectivity index (χ1v) is 9.06. The van der Waals surface area contributed by atoms with Gasteiger partial charge in [0.1, 0.15) is 0 Å². The third-order valence-electron chi connectivity index (χ3n) is 4.14. The van der Waals surface area contributed by atoms with Crippen LogP contribution in [0.5, 0.6) is 11.5 Å². The molecular weight excluding hydrogens is 378 g/mol. The largest absolute Gasteiger partial charge is 0.493 e. The van der Waals surface area contributed by atoms with E-state index in [2.05, 4.69) is 31.9 Å². The molecule has 1 heterocycles. The Kier molecular flexibility index (Phi) is 6.16. The first-order chi connectivity index (χ1) is 13.5. The Labute approximate surface area is 169 Å². The number of benzene rings is 2. The summed E-state index contributed by atoms with van der Waals surface area (Å²) in [6, 6.07) is 9.66. The average Bonchev–Trinajstić information content (AvgIpc) is 2.69. The van der Waals surface area contributed by atoms with Crippen molar-refractivity contribution in [3.05, 3.63) is 58.2 Å². The number of rotatable bonds is 7. The maximum atomic E-state index is 6.35. The molecule has 28 heavy (non-hydrogen) atoms. The van der Waals surface area contributed by atoms with Gasteiger partial charge in [-0.15, -0.1) is 5.10 Å². The molecule has 3 rings (SSSR count). The summed E-state index contributed by atoms with van der Waals surface area (Å²) >= 11 is 6.35. The van der Waals surface area contributed by atoms with E-state index in [-0.39, 0.29) is 0 Å². The van der Waals surface area contributed by atoms with Gasteiger partial charge in [-0.2, -0.15) is 10.1 Å². The maximum Gasteiger partial charge on any atom is 0.244 e. The van der Waals surface area contributed by atoms with Crippen molar-refractivity contribution >= 4 is 29.1 Å². The standard InChI is InChI=1S/C20H22ClN5O2/c1-12-7-13(2)19(15(21)8-12)24-18-11-23-26-20(25-18)22-10-14-5-6-16(27-3)17(9-14)28-4/h5-9,11H,10H2,1-4H3,(H2,22,24,25,26). The summed E-state index contributed by atoms with van der Waals surface area (Å²) < 4.78 is 10.6. The van der Waals surface area contributed by atoms with E-state index in [1.807, 2.05) is 38.1 Å². The van der Waals surface area contributed by atoms with Crippen molar-refractivity contribution in [2.75, 3.05) is 24.9 Å². The van der Waals surface area contributed by atoms with Gasteiger partial charge in [-0.1, -0.05) is 23.7 Å². The molecule has 146 valence electrons. The molecule has 2 aromatic carbocycles. The third kappa shape index (κ3) is 4.61. The van der Waals surface area contributed by atoms with Gasteiger partial charge in [-0.05, 0) is 48.7 Å². The summed E-state index contributed by atoms with van der Waals surface area (Å²) in [5, 5.41) is 15.0. The Morgan fingerprint density at radius 1 is 1.04 bits per heavy atom. The molecule has 3 aromatic rings. The predicted molar refractivity (Wildman–Crippen MR) is 111 cm³/mol. The molecule has 7 nitrogen and oxygen atoms in total. The fourth-order valence-electron chi connectivity index (χ4n) is 2.81. The lowest BCUT2D eigenvalue weighted by Crippen LogP contribution is -2.07. The highest BCUT2D eigenvalue weighted by molar-refractivity contribution is 6.33. The van der Waals surface area contributed by atoms with Crippen LogP contribution in [-0.2, 0) is 6.54 Å². The minimum Gasteiger partial charge on any atom is -0.493 e. The number of methoxy groups -OCH3 is 2. The van der Waals surface area contributed by atoms with Crippen molar-refractivity contribution in [2.45, 2.75) is 20.4 Å². The zero-order chi connectivity index (χ0) is 20.1. The first kappa shape index (κ1) is 19.7. The zero-order valence-corrected chi connectivity index (χ0v) is 17.0. The first-order valence-electron chi connectivity index (χ1n) is 8.68. The number of aryl methyl sites for hydroxylation is 2. The normalized spacial score (nSPS) is 10.5. The van der Waals surface area contributed by atoms with E-state index >= 15 is 0 Å². The molecular formula is C20H22ClN5O2. The van der Waals surface area contributed by atoms with Crippen LogP contribution in [0.2, 0.25) is 5.02 Å². The number of ether oxygens (including phenoxy) is 2. The molecule has 0 unspecified atom stereocenters. The molecule has 1 aromatic heterocycles. The number of hydrogen-bond acceptors (Lipinski definition) is 7. The van der Waals surface area contributed by atoms with Crippen LogP contribution in [0, 0.1) is 13.8 Å². The van der Waals surface area contributed by atoms with Gasteiger partial charge >= 0.3 is 0 Å². The Hall–Kier alpha value is -3.06. The molecule has 0 atom stereocenters. The van der Waals surface area contributed by atoms with Gasteiger partial charge in [0.15, 0.2) is 17.3 Å². The van der Waals surface area contributed by atoms with Gasteiger partial charge in [0.05, 0.1) is 31.1 Å². The number of aromatic nitrogens is 3. The van der Waals surface area contributed by atoms with Crippen molar-refractivity contribution in [1.82, 2.24) is 15.2 Å². The highest BCUT2D eigenvalue weighted by Crippen LogP contribution is 2.30. The van der Waals surface area contributed by atoms with Crippen LogP contribution >= 0.6 is 11.6 Å². The van der Waals surface area contributed by atoms with Crippen LogP contribution in [-0.4, -0.2) is 29.4 Å². The van der Waals surface area contributed by atoms with Gasteiger partial charge in [0, 0.05) is 6.54 Å². The quantitative estimate of drug-likeness (QED) is 0.604. The Morgan fingerprint density at radius 3 is 2.54 bits per heavy atom. The van der Waals surface area contributed by atoms with Crippen LogP contribution < -0.4 is 20.1 Å². The smallest absolute Gasteiger partial charge is 0.244 e. The van der Waals surface area contributed by atoms with E-state index in [9.17, 15) is 0 Å². The lowest BCUT2D eigenvalue weighted by molar-refractivity contribution is 0.354. The van der Waals surface area contributed by atoms with Crippen molar-refractivity contribution in [2.24, 2.45) is 0 Å². The van der Waals surface area contributed by atoms with Crippen molar-refractivity contribution < 1.29 is 9.47 Å². The second-order valence-corrected chi connectivity index (χ2v) is 6.68. The molecule has 0 aliphatic heterocycles. The van der Waals surface area contributed by atoms with Crippen molar-refractivity contribution in [1.29, 1.82) is 0 Å². The SMILES string of the molecule is COc1ccc(CNc2nncc(Nc3c(C)cc(C)cc3Cl)n2)cc1OC. The molecule has 0 fully saturated rings. The van der Waals surface area contributed by atoms with E-state index < -0.39 is 0 Å². The van der Waals surface area contributed by atoms with E-state index in [0.717, 1.165) is 22.4 Å². The van der Waals surface area contributed by atoms with Crippen LogP contribution in [0.25, 0.3) is 0 Å². The fraction of sp³-hybridized carbons (Fsp3) is 0.250. The molecule has 0 aliphatic rings. The van der Waals surface area contributed by atoms with E-state index in [0.29, 0.717) is 34.8 Å². The second kappa shape index (κ2) is 8.75. The molecule has 8 heteroatoms. The van der Waals surface area contributed by atoms with Crippen LogP contribution in [0.4, 0.5) is 17.5 Å². The summed E-state index contributed by atoms with van der Waals surface area (Å²) in [5.74, 6) is 2.31.